The summed E-state index contributed by atoms with van der Waals surface area (Å²) in [4.78, 5) is 4.34. The van der Waals surface area contributed by atoms with Crippen LogP contribution in [0.3, 0.4) is 0 Å². The molecule has 1 aliphatic heterocycles. The SMILES string of the molecule is CC(C)(C)NCc1ncnn1C1CCOCC1. The maximum absolute atomic E-state index is 5.37. The smallest absolute Gasteiger partial charge is 0.141 e. The van der Waals surface area contributed by atoms with Crippen LogP contribution >= 0.6 is 0 Å². The third-order valence-electron chi connectivity index (χ3n) is 2.96. The fourth-order valence-electron chi connectivity index (χ4n) is 1.98. The Morgan fingerprint density at radius 2 is 2.12 bits per heavy atom. The van der Waals surface area contributed by atoms with Gasteiger partial charge in [0.15, 0.2) is 0 Å². The standard InChI is InChI=1S/C12H22N4O/c1-12(2,3)14-8-11-13-9-15-16(11)10-4-6-17-7-5-10/h9-10,14H,4-8H2,1-3H3. The van der Waals surface area contributed by atoms with Crippen molar-refractivity contribution in [1.29, 1.82) is 0 Å². The van der Waals surface area contributed by atoms with Crippen LogP contribution in [0.1, 0.15) is 45.5 Å². The summed E-state index contributed by atoms with van der Waals surface area (Å²) in [6.45, 7) is 8.89. The molecule has 2 heterocycles. The van der Waals surface area contributed by atoms with Gasteiger partial charge in [-0.15, -0.1) is 0 Å². The minimum absolute atomic E-state index is 0.104. The first-order chi connectivity index (χ1) is 8.06. The van der Waals surface area contributed by atoms with E-state index >= 15 is 0 Å². The van der Waals surface area contributed by atoms with E-state index in [2.05, 4.69) is 40.9 Å². The molecule has 1 fully saturated rings. The number of aromatic nitrogens is 3. The van der Waals surface area contributed by atoms with Crippen molar-refractivity contribution in [1.82, 2.24) is 20.1 Å². The van der Waals surface area contributed by atoms with Crippen LogP contribution in [0.5, 0.6) is 0 Å². The van der Waals surface area contributed by atoms with Crippen LogP contribution in [0, 0.1) is 0 Å². The van der Waals surface area contributed by atoms with Crippen LogP contribution in [-0.4, -0.2) is 33.5 Å². The Kier molecular flexibility index (Phi) is 3.79. The number of hydrogen-bond donors (Lipinski definition) is 1. The number of nitrogens with zero attached hydrogens (tertiary/aromatic N) is 3. The van der Waals surface area contributed by atoms with Gasteiger partial charge in [-0.25, -0.2) is 9.67 Å². The Bertz CT molecular complexity index is 350. The molecule has 5 nitrogen and oxygen atoms in total. The largest absolute Gasteiger partial charge is 0.381 e. The monoisotopic (exact) mass is 238 g/mol. The summed E-state index contributed by atoms with van der Waals surface area (Å²) in [7, 11) is 0. The molecule has 0 radical (unpaired) electrons. The van der Waals surface area contributed by atoms with E-state index in [4.69, 9.17) is 4.74 Å². The van der Waals surface area contributed by atoms with Crippen molar-refractivity contribution < 1.29 is 4.74 Å². The van der Waals surface area contributed by atoms with Crippen LogP contribution in [0.25, 0.3) is 0 Å². The Hall–Kier alpha value is -0.940. The van der Waals surface area contributed by atoms with Gasteiger partial charge in [-0.05, 0) is 33.6 Å². The van der Waals surface area contributed by atoms with Gasteiger partial charge < -0.3 is 10.1 Å². The van der Waals surface area contributed by atoms with Gasteiger partial charge in [-0.3, -0.25) is 0 Å². The van der Waals surface area contributed by atoms with E-state index in [1.807, 2.05) is 0 Å². The maximum Gasteiger partial charge on any atom is 0.141 e. The zero-order valence-electron chi connectivity index (χ0n) is 10.9. The van der Waals surface area contributed by atoms with Crippen molar-refractivity contribution in [3.8, 4) is 0 Å². The molecular weight excluding hydrogens is 216 g/mol. The molecule has 96 valence electrons. The Morgan fingerprint density at radius 3 is 2.76 bits per heavy atom. The summed E-state index contributed by atoms with van der Waals surface area (Å²) in [5.41, 5.74) is 0.104. The number of nitrogens with one attached hydrogen (secondary N) is 1. The van der Waals surface area contributed by atoms with Crippen molar-refractivity contribution in [3.05, 3.63) is 12.2 Å². The molecule has 1 aliphatic rings. The van der Waals surface area contributed by atoms with Crippen LogP contribution in [0.4, 0.5) is 0 Å². The molecule has 0 saturated carbocycles. The zero-order valence-corrected chi connectivity index (χ0v) is 10.9. The highest BCUT2D eigenvalue weighted by Gasteiger charge is 2.20. The molecule has 1 aromatic rings. The second-order valence-corrected chi connectivity index (χ2v) is 5.57. The predicted octanol–water partition coefficient (Wildman–Crippen LogP) is 1.52. The van der Waals surface area contributed by atoms with Gasteiger partial charge in [0.05, 0.1) is 12.6 Å². The maximum atomic E-state index is 5.37. The summed E-state index contributed by atoms with van der Waals surface area (Å²) in [6, 6.07) is 0.447. The fourth-order valence-corrected chi connectivity index (χ4v) is 1.98. The predicted molar refractivity (Wildman–Crippen MR) is 65.7 cm³/mol. The molecule has 0 aliphatic carbocycles. The highest BCUT2D eigenvalue weighted by Crippen LogP contribution is 2.20. The summed E-state index contributed by atoms with van der Waals surface area (Å²) in [6.07, 6.45) is 3.72. The van der Waals surface area contributed by atoms with Gasteiger partial charge in [-0.1, -0.05) is 0 Å². The van der Waals surface area contributed by atoms with Crippen molar-refractivity contribution in [2.45, 2.75) is 51.7 Å². The number of ether oxygens (including phenoxy) is 1. The van der Waals surface area contributed by atoms with Crippen LogP contribution in [-0.2, 0) is 11.3 Å². The second-order valence-electron chi connectivity index (χ2n) is 5.57. The summed E-state index contributed by atoms with van der Waals surface area (Å²) in [5, 5.41) is 7.80. The first-order valence-electron chi connectivity index (χ1n) is 6.27. The van der Waals surface area contributed by atoms with Crippen molar-refractivity contribution in [3.63, 3.8) is 0 Å². The average Bonchev–Trinajstić information content (AvgIpc) is 2.75. The van der Waals surface area contributed by atoms with E-state index in [-0.39, 0.29) is 5.54 Å². The highest BCUT2D eigenvalue weighted by molar-refractivity contribution is 4.90. The molecule has 0 bridgehead atoms. The van der Waals surface area contributed by atoms with E-state index in [1.54, 1.807) is 6.33 Å². The van der Waals surface area contributed by atoms with Crippen LogP contribution in [0.15, 0.2) is 6.33 Å². The Balaban J connectivity index is 2.00. The lowest BCUT2D eigenvalue weighted by Gasteiger charge is -2.25. The lowest BCUT2D eigenvalue weighted by molar-refractivity contribution is 0.0650. The lowest BCUT2D eigenvalue weighted by atomic mass is 10.1. The lowest BCUT2D eigenvalue weighted by Crippen LogP contribution is -2.36. The molecule has 0 atom stereocenters. The molecule has 2 rings (SSSR count). The molecule has 0 aromatic carbocycles. The Labute approximate surface area is 103 Å². The summed E-state index contributed by atoms with van der Waals surface area (Å²) < 4.78 is 7.43. The minimum atomic E-state index is 0.104. The normalized spacial score (nSPS) is 18.5. The molecule has 17 heavy (non-hydrogen) atoms. The topological polar surface area (TPSA) is 52.0 Å². The fraction of sp³-hybridized carbons (Fsp3) is 0.833. The first kappa shape index (κ1) is 12.5. The van der Waals surface area contributed by atoms with Crippen LogP contribution in [0.2, 0.25) is 0 Å². The van der Waals surface area contributed by atoms with Crippen molar-refractivity contribution in [2.75, 3.05) is 13.2 Å². The van der Waals surface area contributed by atoms with E-state index < -0.39 is 0 Å². The molecule has 1 N–H and O–H groups in total. The van der Waals surface area contributed by atoms with Crippen LogP contribution < -0.4 is 5.32 Å². The van der Waals surface area contributed by atoms with E-state index in [0.717, 1.165) is 38.4 Å². The average molecular weight is 238 g/mol. The Morgan fingerprint density at radius 1 is 1.41 bits per heavy atom. The molecule has 0 spiro atoms. The van der Waals surface area contributed by atoms with Gasteiger partial charge in [0, 0.05) is 18.8 Å². The first-order valence-corrected chi connectivity index (χ1v) is 6.27. The van der Waals surface area contributed by atoms with Gasteiger partial charge in [0.2, 0.25) is 0 Å². The van der Waals surface area contributed by atoms with Crippen molar-refractivity contribution in [2.24, 2.45) is 0 Å². The number of rotatable bonds is 3. The molecule has 5 heteroatoms. The van der Waals surface area contributed by atoms with Gasteiger partial charge in [0.25, 0.3) is 0 Å². The minimum Gasteiger partial charge on any atom is -0.381 e. The third-order valence-corrected chi connectivity index (χ3v) is 2.96. The molecule has 1 aromatic heterocycles. The molecular formula is C12H22N4O. The van der Waals surface area contributed by atoms with Gasteiger partial charge >= 0.3 is 0 Å². The zero-order chi connectivity index (χ0) is 12.3. The van der Waals surface area contributed by atoms with Crippen molar-refractivity contribution >= 4 is 0 Å². The highest BCUT2D eigenvalue weighted by atomic mass is 16.5. The third kappa shape index (κ3) is 3.51. The quantitative estimate of drug-likeness (QED) is 0.867. The van der Waals surface area contributed by atoms with Gasteiger partial charge in [-0.2, -0.15) is 5.10 Å². The van der Waals surface area contributed by atoms with Gasteiger partial charge in [0.1, 0.15) is 12.2 Å². The second kappa shape index (κ2) is 5.14. The number of hydrogen-bond acceptors (Lipinski definition) is 4. The van der Waals surface area contributed by atoms with E-state index in [0.29, 0.717) is 6.04 Å². The molecule has 0 unspecified atom stereocenters. The molecule has 0 amide bonds. The van der Waals surface area contributed by atoms with E-state index in [1.165, 1.54) is 0 Å². The van der Waals surface area contributed by atoms with E-state index in [9.17, 15) is 0 Å². The molecule has 1 saturated heterocycles. The summed E-state index contributed by atoms with van der Waals surface area (Å²) in [5.74, 6) is 1.02. The summed E-state index contributed by atoms with van der Waals surface area (Å²) >= 11 is 0.